The fourth-order valence-corrected chi connectivity index (χ4v) is 2.51. The van der Waals surface area contributed by atoms with Crippen LogP contribution in [0.15, 0.2) is 65.9 Å². The summed E-state index contributed by atoms with van der Waals surface area (Å²) in [5.41, 5.74) is 12.0. The molecule has 1 aromatic carbocycles. The normalized spacial score (nSPS) is 11.9. The van der Waals surface area contributed by atoms with Gasteiger partial charge in [-0.15, -0.1) is 0 Å². The van der Waals surface area contributed by atoms with Gasteiger partial charge in [0.05, 0.1) is 22.8 Å². The van der Waals surface area contributed by atoms with E-state index in [1.807, 2.05) is 48.5 Å². The summed E-state index contributed by atoms with van der Waals surface area (Å²) in [6, 6.07) is 15.4. The van der Waals surface area contributed by atoms with E-state index in [1.54, 1.807) is 12.4 Å². The number of hydrogen-bond acceptors (Lipinski definition) is 4. The minimum absolute atomic E-state index is 0.731. The second-order valence-corrected chi connectivity index (χ2v) is 4.85. The first-order valence-corrected chi connectivity index (χ1v) is 6.68. The highest BCUT2D eigenvalue weighted by atomic mass is 14.8. The average Bonchev–Trinajstić information content (AvgIpc) is 2.85. The van der Waals surface area contributed by atoms with Crippen LogP contribution in [0.4, 0.5) is 11.4 Å². The fourth-order valence-electron chi connectivity index (χ4n) is 2.51. The molecule has 1 aliphatic rings. The average molecular weight is 272 g/mol. The van der Waals surface area contributed by atoms with Crippen LogP contribution in [-0.2, 0) is 0 Å². The molecule has 0 amide bonds. The van der Waals surface area contributed by atoms with Gasteiger partial charge in [-0.3, -0.25) is 9.97 Å². The van der Waals surface area contributed by atoms with E-state index in [-0.39, 0.29) is 0 Å². The number of benzene rings is 1. The lowest BCUT2D eigenvalue weighted by atomic mass is 10.1. The SMILES string of the molecule is Nc1ccc(N=C2c3cccnc3-c3ncccc32)cc1. The highest BCUT2D eigenvalue weighted by molar-refractivity contribution is 6.23. The third kappa shape index (κ3) is 1.89. The highest BCUT2D eigenvalue weighted by Crippen LogP contribution is 2.34. The van der Waals surface area contributed by atoms with Gasteiger partial charge in [-0.1, -0.05) is 0 Å². The third-order valence-electron chi connectivity index (χ3n) is 3.48. The molecular formula is C17H12N4. The lowest BCUT2D eigenvalue weighted by molar-refractivity contribution is 1.26. The smallest absolute Gasteiger partial charge is 0.0987 e. The van der Waals surface area contributed by atoms with Gasteiger partial charge in [0.15, 0.2) is 0 Å². The Kier molecular flexibility index (Phi) is 2.54. The van der Waals surface area contributed by atoms with Gasteiger partial charge in [0.2, 0.25) is 0 Å². The zero-order chi connectivity index (χ0) is 14.2. The highest BCUT2D eigenvalue weighted by Gasteiger charge is 2.26. The second kappa shape index (κ2) is 4.52. The molecule has 0 unspecified atom stereocenters. The zero-order valence-electron chi connectivity index (χ0n) is 11.2. The predicted octanol–water partition coefficient (Wildman–Crippen LogP) is 3.21. The van der Waals surface area contributed by atoms with Gasteiger partial charge in [-0.05, 0) is 48.5 Å². The molecule has 4 rings (SSSR count). The van der Waals surface area contributed by atoms with Crippen LogP contribution in [0, 0.1) is 0 Å². The van der Waals surface area contributed by atoms with Gasteiger partial charge in [-0.25, -0.2) is 4.99 Å². The maximum atomic E-state index is 5.72. The first-order valence-electron chi connectivity index (χ1n) is 6.68. The number of rotatable bonds is 1. The third-order valence-corrected chi connectivity index (χ3v) is 3.48. The Morgan fingerprint density at radius 2 is 1.33 bits per heavy atom. The van der Waals surface area contributed by atoms with E-state index < -0.39 is 0 Å². The van der Waals surface area contributed by atoms with Crippen molar-refractivity contribution in [2.24, 2.45) is 4.99 Å². The molecule has 0 saturated carbocycles. The van der Waals surface area contributed by atoms with Crippen LogP contribution in [0.1, 0.15) is 11.1 Å². The van der Waals surface area contributed by atoms with Crippen molar-refractivity contribution in [2.75, 3.05) is 5.73 Å². The summed E-state index contributed by atoms with van der Waals surface area (Å²) in [6.45, 7) is 0. The van der Waals surface area contributed by atoms with Crippen molar-refractivity contribution in [1.82, 2.24) is 9.97 Å². The van der Waals surface area contributed by atoms with E-state index in [2.05, 4.69) is 9.97 Å². The lowest BCUT2D eigenvalue weighted by Gasteiger charge is -2.01. The summed E-state index contributed by atoms with van der Waals surface area (Å²) >= 11 is 0. The summed E-state index contributed by atoms with van der Waals surface area (Å²) < 4.78 is 0. The standard InChI is InChI=1S/C17H12N4/c18-11-5-7-12(8-6-11)21-15-13-3-1-9-19-16(13)17-14(15)4-2-10-20-17/h1-10H,18H2. The minimum Gasteiger partial charge on any atom is -0.399 e. The zero-order valence-corrected chi connectivity index (χ0v) is 11.2. The fraction of sp³-hybridized carbons (Fsp3) is 0. The quantitative estimate of drug-likeness (QED) is 0.541. The van der Waals surface area contributed by atoms with E-state index in [9.17, 15) is 0 Å². The molecule has 21 heavy (non-hydrogen) atoms. The van der Waals surface area contributed by atoms with Crippen molar-refractivity contribution in [3.63, 3.8) is 0 Å². The molecule has 0 spiro atoms. The molecule has 0 atom stereocenters. The van der Waals surface area contributed by atoms with Crippen LogP contribution < -0.4 is 5.73 Å². The lowest BCUT2D eigenvalue weighted by Crippen LogP contribution is -1.97. The van der Waals surface area contributed by atoms with Crippen molar-refractivity contribution in [3.05, 3.63) is 72.1 Å². The maximum absolute atomic E-state index is 5.72. The Morgan fingerprint density at radius 3 is 1.90 bits per heavy atom. The Balaban J connectivity index is 1.94. The molecule has 2 N–H and O–H groups in total. The van der Waals surface area contributed by atoms with Crippen molar-refractivity contribution in [2.45, 2.75) is 0 Å². The van der Waals surface area contributed by atoms with E-state index in [0.29, 0.717) is 0 Å². The largest absolute Gasteiger partial charge is 0.399 e. The monoisotopic (exact) mass is 272 g/mol. The van der Waals surface area contributed by atoms with Crippen molar-refractivity contribution in [3.8, 4) is 11.4 Å². The van der Waals surface area contributed by atoms with E-state index in [1.165, 1.54) is 0 Å². The van der Waals surface area contributed by atoms with Crippen molar-refractivity contribution >= 4 is 17.1 Å². The number of nitrogen functional groups attached to an aromatic ring is 1. The molecule has 0 bridgehead atoms. The molecular weight excluding hydrogens is 260 g/mol. The molecule has 0 radical (unpaired) electrons. The first kappa shape index (κ1) is 11.8. The van der Waals surface area contributed by atoms with Gasteiger partial charge in [-0.2, -0.15) is 0 Å². The Morgan fingerprint density at radius 1 is 0.762 bits per heavy atom. The number of aliphatic imine (C=N–C) groups is 1. The number of fused-ring (bicyclic) bond motifs is 3. The minimum atomic E-state index is 0.731. The molecule has 100 valence electrons. The van der Waals surface area contributed by atoms with Gasteiger partial charge in [0.1, 0.15) is 0 Å². The van der Waals surface area contributed by atoms with E-state index in [0.717, 1.165) is 39.6 Å². The van der Waals surface area contributed by atoms with Crippen LogP contribution in [-0.4, -0.2) is 15.7 Å². The summed E-state index contributed by atoms with van der Waals surface area (Å²) in [5, 5.41) is 0. The summed E-state index contributed by atoms with van der Waals surface area (Å²) in [5.74, 6) is 0. The van der Waals surface area contributed by atoms with Crippen molar-refractivity contribution in [1.29, 1.82) is 0 Å². The maximum Gasteiger partial charge on any atom is 0.0987 e. The van der Waals surface area contributed by atoms with Crippen molar-refractivity contribution < 1.29 is 0 Å². The molecule has 0 fully saturated rings. The van der Waals surface area contributed by atoms with E-state index in [4.69, 9.17) is 10.7 Å². The number of anilines is 1. The van der Waals surface area contributed by atoms with Gasteiger partial charge in [0, 0.05) is 29.2 Å². The number of nitrogens with two attached hydrogens (primary N) is 1. The van der Waals surface area contributed by atoms with Crippen LogP contribution in [0.2, 0.25) is 0 Å². The van der Waals surface area contributed by atoms with Crippen LogP contribution in [0.3, 0.4) is 0 Å². The van der Waals surface area contributed by atoms with Gasteiger partial charge < -0.3 is 5.73 Å². The Bertz CT molecular complexity index is 803. The molecule has 2 aromatic heterocycles. The molecule has 0 aliphatic heterocycles. The molecule has 1 aliphatic carbocycles. The first-order chi connectivity index (χ1) is 10.3. The van der Waals surface area contributed by atoms with Crippen LogP contribution in [0.5, 0.6) is 0 Å². The molecule has 3 aromatic rings. The summed E-state index contributed by atoms with van der Waals surface area (Å²) in [7, 11) is 0. The number of nitrogens with zero attached hydrogens (tertiary/aromatic N) is 3. The summed E-state index contributed by atoms with van der Waals surface area (Å²) in [4.78, 5) is 13.6. The van der Waals surface area contributed by atoms with Crippen LogP contribution >= 0.6 is 0 Å². The number of hydrogen-bond donors (Lipinski definition) is 1. The molecule has 0 saturated heterocycles. The van der Waals surface area contributed by atoms with Gasteiger partial charge >= 0.3 is 0 Å². The molecule has 4 heteroatoms. The van der Waals surface area contributed by atoms with E-state index >= 15 is 0 Å². The Hall–Kier alpha value is -3.01. The molecule has 4 nitrogen and oxygen atoms in total. The van der Waals surface area contributed by atoms with Crippen LogP contribution in [0.25, 0.3) is 11.4 Å². The van der Waals surface area contributed by atoms with Gasteiger partial charge in [0.25, 0.3) is 0 Å². The topological polar surface area (TPSA) is 64.2 Å². The predicted molar refractivity (Wildman–Crippen MR) is 83.6 cm³/mol. The second-order valence-electron chi connectivity index (χ2n) is 4.85. The number of aromatic nitrogens is 2. The summed E-state index contributed by atoms with van der Waals surface area (Å²) in [6.07, 6.45) is 3.56. The number of pyridine rings is 2. The molecule has 2 heterocycles. The Labute approximate surface area is 122 Å².